The third-order valence-corrected chi connectivity index (χ3v) is 3.48. The summed E-state index contributed by atoms with van der Waals surface area (Å²) in [5.41, 5.74) is 1.69. The van der Waals surface area contributed by atoms with E-state index in [1.54, 1.807) is 33.5 Å². The Morgan fingerprint density at radius 1 is 0.913 bits per heavy atom. The zero-order valence-electron chi connectivity index (χ0n) is 13.6. The lowest BCUT2D eigenvalue weighted by Gasteiger charge is -2.11. The highest BCUT2D eigenvalue weighted by Gasteiger charge is 2.09. The number of methoxy groups -OCH3 is 3. The van der Waals surface area contributed by atoms with E-state index in [0.29, 0.717) is 12.8 Å². The molecule has 2 aromatic rings. The number of nitrogens with one attached hydrogen (secondary N) is 1. The van der Waals surface area contributed by atoms with Crippen LogP contribution >= 0.6 is 0 Å². The number of aryl methyl sites for hydroxylation is 1. The quantitative estimate of drug-likeness (QED) is 0.852. The van der Waals surface area contributed by atoms with Crippen LogP contribution in [0.3, 0.4) is 0 Å². The van der Waals surface area contributed by atoms with Crippen molar-refractivity contribution in [3.05, 3.63) is 48.0 Å². The first-order valence-electron chi connectivity index (χ1n) is 7.31. The van der Waals surface area contributed by atoms with E-state index in [1.165, 1.54) is 0 Å². The van der Waals surface area contributed by atoms with Crippen LogP contribution in [0.4, 0.5) is 5.69 Å². The van der Waals surface area contributed by atoms with E-state index in [9.17, 15) is 4.79 Å². The highest BCUT2D eigenvalue weighted by Crippen LogP contribution is 2.25. The van der Waals surface area contributed by atoms with Gasteiger partial charge in [-0.15, -0.1) is 0 Å². The Labute approximate surface area is 136 Å². The molecule has 5 heteroatoms. The maximum absolute atomic E-state index is 12.1. The molecular formula is C18H21NO4. The number of rotatable bonds is 7. The highest BCUT2D eigenvalue weighted by atomic mass is 16.5. The van der Waals surface area contributed by atoms with Gasteiger partial charge in [0.15, 0.2) is 0 Å². The monoisotopic (exact) mass is 315 g/mol. The van der Waals surface area contributed by atoms with E-state index in [2.05, 4.69) is 5.32 Å². The van der Waals surface area contributed by atoms with Crippen LogP contribution in [0.5, 0.6) is 17.2 Å². The van der Waals surface area contributed by atoms with Crippen molar-refractivity contribution in [3.8, 4) is 17.2 Å². The summed E-state index contributed by atoms with van der Waals surface area (Å²) in [5.74, 6) is 2.20. The van der Waals surface area contributed by atoms with Gasteiger partial charge in [0.2, 0.25) is 5.91 Å². The smallest absolute Gasteiger partial charge is 0.224 e. The number of anilines is 1. The molecule has 0 aliphatic heterocycles. The van der Waals surface area contributed by atoms with Crippen molar-refractivity contribution in [1.82, 2.24) is 0 Å². The molecule has 0 heterocycles. The molecule has 0 atom stereocenters. The van der Waals surface area contributed by atoms with Gasteiger partial charge in [-0.3, -0.25) is 4.79 Å². The summed E-state index contributed by atoms with van der Waals surface area (Å²) >= 11 is 0. The fourth-order valence-corrected chi connectivity index (χ4v) is 2.22. The number of ether oxygens (including phenoxy) is 3. The van der Waals surface area contributed by atoms with Gasteiger partial charge in [0, 0.05) is 12.1 Å². The van der Waals surface area contributed by atoms with E-state index in [-0.39, 0.29) is 5.91 Å². The molecule has 0 unspecified atom stereocenters. The van der Waals surface area contributed by atoms with Crippen LogP contribution in [0.25, 0.3) is 0 Å². The van der Waals surface area contributed by atoms with Gasteiger partial charge in [-0.05, 0) is 54.4 Å². The summed E-state index contributed by atoms with van der Waals surface area (Å²) in [4.78, 5) is 12.1. The summed E-state index contributed by atoms with van der Waals surface area (Å²) in [6.07, 6.45) is 0.928. The molecule has 0 spiro atoms. The van der Waals surface area contributed by atoms with E-state index in [1.807, 2.05) is 30.3 Å². The summed E-state index contributed by atoms with van der Waals surface area (Å²) in [5, 5.41) is 2.86. The van der Waals surface area contributed by atoms with E-state index < -0.39 is 0 Å². The second-order valence-corrected chi connectivity index (χ2v) is 4.95. The van der Waals surface area contributed by atoms with Gasteiger partial charge in [-0.25, -0.2) is 0 Å². The fourth-order valence-electron chi connectivity index (χ4n) is 2.22. The van der Waals surface area contributed by atoms with Crippen LogP contribution in [-0.4, -0.2) is 27.2 Å². The fraction of sp³-hybridized carbons (Fsp3) is 0.278. The van der Waals surface area contributed by atoms with Crippen molar-refractivity contribution in [3.63, 3.8) is 0 Å². The maximum atomic E-state index is 12.1. The van der Waals surface area contributed by atoms with Crippen LogP contribution in [0.1, 0.15) is 12.0 Å². The Hall–Kier alpha value is -2.69. The number of hydrogen-bond acceptors (Lipinski definition) is 4. The summed E-state index contributed by atoms with van der Waals surface area (Å²) in [7, 11) is 4.83. The van der Waals surface area contributed by atoms with Crippen molar-refractivity contribution in [1.29, 1.82) is 0 Å². The third-order valence-electron chi connectivity index (χ3n) is 3.48. The number of carbonyl (C=O) groups is 1. The minimum atomic E-state index is -0.0555. The predicted molar refractivity (Wildman–Crippen MR) is 89.5 cm³/mol. The van der Waals surface area contributed by atoms with Gasteiger partial charge in [0.05, 0.1) is 21.3 Å². The van der Waals surface area contributed by atoms with Crippen molar-refractivity contribution in [2.45, 2.75) is 12.8 Å². The summed E-state index contributed by atoms with van der Waals surface area (Å²) < 4.78 is 15.6. The minimum Gasteiger partial charge on any atom is -0.497 e. The first-order chi connectivity index (χ1) is 11.2. The van der Waals surface area contributed by atoms with Crippen LogP contribution < -0.4 is 19.5 Å². The lowest BCUT2D eigenvalue weighted by atomic mass is 10.1. The average molecular weight is 315 g/mol. The van der Waals surface area contributed by atoms with Gasteiger partial charge in [-0.2, -0.15) is 0 Å². The zero-order chi connectivity index (χ0) is 16.7. The Morgan fingerprint density at radius 3 is 2.17 bits per heavy atom. The number of hydrogen-bond donors (Lipinski definition) is 1. The molecule has 0 radical (unpaired) electrons. The van der Waals surface area contributed by atoms with Crippen molar-refractivity contribution in [2.75, 3.05) is 26.6 Å². The van der Waals surface area contributed by atoms with Crippen molar-refractivity contribution >= 4 is 11.6 Å². The summed E-state index contributed by atoms with van der Waals surface area (Å²) in [6, 6.07) is 12.8. The van der Waals surface area contributed by atoms with Crippen LogP contribution in [0.2, 0.25) is 0 Å². The zero-order valence-corrected chi connectivity index (χ0v) is 13.6. The molecule has 0 saturated heterocycles. The van der Waals surface area contributed by atoms with Gasteiger partial charge in [0.1, 0.15) is 17.2 Å². The van der Waals surface area contributed by atoms with Gasteiger partial charge < -0.3 is 19.5 Å². The molecule has 0 aliphatic carbocycles. The van der Waals surface area contributed by atoms with Crippen molar-refractivity contribution < 1.29 is 19.0 Å². The SMILES string of the molecule is COc1ccc(NC(=O)CCc2cc(OC)ccc2OC)cc1. The van der Waals surface area contributed by atoms with Crippen molar-refractivity contribution in [2.24, 2.45) is 0 Å². The molecular weight excluding hydrogens is 294 g/mol. The Morgan fingerprint density at radius 2 is 1.57 bits per heavy atom. The van der Waals surface area contributed by atoms with E-state index in [4.69, 9.17) is 14.2 Å². The van der Waals surface area contributed by atoms with E-state index >= 15 is 0 Å². The van der Waals surface area contributed by atoms with Gasteiger partial charge in [-0.1, -0.05) is 0 Å². The Balaban J connectivity index is 1.95. The molecule has 23 heavy (non-hydrogen) atoms. The molecule has 2 aromatic carbocycles. The molecule has 0 saturated carbocycles. The van der Waals surface area contributed by atoms with Gasteiger partial charge in [0.25, 0.3) is 0 Å². The first-order valence-corrected chi connectivity index (χ1v) is 7.31. The third kappa shape index (κ3) is 4.64. The highest BCUT2D eigenvalue weighted by molar-refractivity contribution is 5.90. The number of benzene rings is 2. The second-order valence-electron chi connectivity index (χ2n) is 4.95. The van der Waals surface area contributed by atoms with Crippen LogP contribution in [0, 0.1) is 0 Å². The standard InChI is InChI=1S/C18H21NO4/c1-21-15-7-5-14(6-8-15)19-18(20)11-4-13-12-16(22-2)9-10-17(13)23-3/h5-10,12H,4,11H2,1-3H3,(H,19,20). The van der Waals surface area contributed by atoms with Crippen LogP contribution in [0.15, 0.2) is 42.5 Å². The lowest BCUT2D eigenvalue weighted by molar-refractivity contribution is -0.116. The molecule has 0 fully saturated rings. The van der Waals surface area contributed by atoms with Crippen LogP contribution in [-0.2, 0) is 11.2 Å². The Bertz CT molecular complexity index is 653. The molecule has 0 aromatic heterocycles. The molecule has 2 rings (SSSR count). The molecule has 122 valence electrons. The lowest BCUT2D eigenvalue weighted by Crippen LogP contribution is -2.12. The Kier molecular flexibility index (Phi) is 5.86. The normalized spacial score (nSPS) is 10.0. The number of amides is 1. The largest absolute Gasteiger partial charge is 0.497 e. The molecule has 0 bridgehead atoms. The molecule has 1 amide bonds. The maximum Gasteiger partial charge on any atom is 0.224 e. The molecule has 1 N–H and O–H groups in total. The molecule has 5 nitrogen and oxygen atoms in total. The predicted octanol–water partition coefficient (Wildman–Crippen LogP) is 3.28. The summed E-state index contributed by atoms with van der Waals surface area (Å²) in [6.45, 7) is 0. The average Bonchev–Trinajstić information content (AvgIpc) is 2.60. The van der Waals surface area contributed by atoms with E-state index in [0.717, 1.165) is 28.5 Å². The first kappa shape index (κ1) is 16.7. The van der Waals surface area contributed by atoms with Gasteiger partial charge >= 0.3 is 0 Å². The number of carbonyl (C=O) groups excluding carboxylic acids is 1. The second kappa shape index (κ2) is 8.08. The minimum absolute atomic E-state index is 0.0555. The topological polar surface area (TPSA) is 56.8 Å². The molecule has 0 aliphatic rings.